The van der Waals surface area contributed by atoms with E-state index in [1.165, 1.54) is 0 Å². The summed E-state index contributed by atoms with van der Waals surface area (Å²) in [5.74, 6) is 0.489. The molecular formula is C9H12ClNO3S. The third-order valence-electron chi connectivity index (χ3n) is 1.54. The van der Waals surface area contributed by atoms with E-state index in [1.54, 1.807) is 13.0 Å². The van der Waals surface area contributed by atoms with Gasteiger partial charge in [0.2, 0.25) is 0 Å². The zero-order valence-electron chi connectivity index (χ0n) is 8.29. The van der Waals surface area contributed by atoms with Gasteiger partial charge in [-0.2, -0.15) is 0 Å². The van der Waals surface area contributed by atoms with E-state index >= 15 is 0 Å². The van der Waals surface area contributed by atoms with Crippen LogP contribution in [-0.2, 0) is 4.74 Å². The molecule has 0 saturated heterocycles. The van der Waals surface area contributed by atoms with Crippen molar-refractivity contribution in [2.45, 2.75) is 6.92 Å². The molecule has 0 aliphatic carbocycles. The summed E-state index contributed by atoms with van der Waals surface area (Å²) < 4.78 is 10.1. The first-order valence-electron chi connectivity index (χ1n) is 4.44. The molecule has 0 saturated carbocycles. The van der Waals surface area contributed by atoms with Gasteiger partial charge in [0.05, 0.1) is 12.5 Å². The lowest BCUT2D eigenvalue weighted by atomic mass is 10.4. The van der Waals surface area contributed by atoms with Crippen LogP contribution in [0.3, 0.4) is 0 Å². The molecule has 4 nitrogen and oxygen atoms in total. The molecule has 1 rings (SSSR count). The van der Waals surface area contributed by atoms with E-state index in [-0.39, 0.29) is 5.97 Å². The Labute approximate surface area is 96.9 Å². The van der Waals surface area contributed by atoms with E-state index < -0.39 is 0 Å². The number of alkyl halides is 1. The number of hydrogen-bond donors (Lipinski definition) is 1. The van der Waals surface area contributed by atoms with Crippen molar-refractivity contribution in [1.29, 1.82) is 0 Å². The second-order valence-electron chi connectivity index (χ2n) is 2.60. The van der Waals surface area contributed by atoms with Gasteiger partial charge in [0.25, 0.3) is 0 Å². The number of anilines is 1. The highest BCUT2D eigenvalue weighted by molar-refractivity contribution is 7.18. The molecule has 0 spiro atoms. The molecule has 0 aliphatic heterocycles. The Morgan fingerprint density at radius 2 is 2.40 bits per heavy atom. The standard InChI is InChI=1S/C9H12ClNO3S/c1-2-13-9(12)7-5-6(8(11)15-7)14-4-3-10/h5H,2-4,11H2,1H3. The van der Waals surface area contributed by atoms with Gasteiger partial charge in [-0.15, -0.1) is 22.9 Å². The average molecular weight is 250 g/mol. The monoisotopic (exact) mass is 249 g/mol. The summed E-state index contributed by atoms with van der Waals surface area (Å²) in [6.45, 7) is 2.46. The van der Waals surface area contributed by atoms with E-state index in [9.17, 15) is 4.79 Å². The second-order valence-corrected chi connectivity index (χ2v) is 4.06. The van der Waals surface area contributed by atoms with Crippen LogP contribution < -0.4 is 10.5 Å². The maximum Gasteiger partial charge on any atom is 0.348 e. The van der Waals surface area contributed by atoms with Crippen molar-refractivity contribution >= 4 is 33.9 Å². The van der Waals surface area contributed by atoms with E-state index in [1.807, 2.05) is 0 Å². The van der Waals surface area contributed by atoms with E-state index in [4.69, 9.17) is 26.8 Å². The molecular weight excluding hydrogens is 238 g/mol. The van der Waals surface area contributed by atoms with Crippen molar-refractivity contribution in [2.75, 3.05) is 24.8 Å². The Bertz CT molecular complexity index is 340. The van der Waals surface area contributed by atoms with Crippen molar-refractivity contribution < 1.29 is 14.3 Å². The highest BCUT2D eigenvalue weighted by Crippen LogP contribution is 2.32. The van der Waals surface area contributed by atoms with Gasteiger partial charge in [0, 0.05) is 6.07 Å². The molecule has 0 fully saturated rings. The van der Waals surface area contributed by atoms with Gasteiger partial charge in [-0.05, 0) is 6.92 Å². The molecule has 1 aromatic heterocycles. The van der Waals surface area contributed by atoms with Gasteiger partial charge in [-0.1, -0.05) is 0 Å². The van der Waals surface area contributed by atoms with E-state index in [2.05, 4.69) is 0 Å². The molecule has 0 bridgehead atoms. The van der Waals surface area contributed by atoms with E-state index in [0.29, 0.717) is 34.7 Å². The van der Waals surface area contributed by atoms with Crippen LogP contribution in [0.2, 0.25) is 0 Å². The molecule has 6 heteroatoms. The number of nitrogens with two attached hydrogens (primary N) is 1. The van der Waals surface area contributed by atoms with E-state index in [0.717, 1.165) is 11.3 Å². The molecule has 1 aromatic rings. The summed E-state index contributed by atoms with van der Waals surface area (Å²) in [6, 6.07) is 1.57. The SMILES string of the molecule is CCOC(=O)c1cc(OCCCl)c(N)s1. The number of carbonyl (C=O) groups excluding carboxylic acids is 1. The van der Waals surface area contributed by atoms with Crippen LogP contribution in [-0.4, -0.2) is 25.1 Å². The number of nitrogen functional groups attached to an aromatic ring is 1. The Morgan fingerprint density at radius 3 is 3.00 bits per heavy atom. The summed E-state index contributed by atoms with van der Waals surface area (Å²) in [4.78, 5) is 11.8. The maximum atomic E-state index is 11.3. The molecule has 0 aliphatic rings. The summed E-state index contributed by atoms with van der Waals surface area (Å²) in [7, 11) is 0. The number of rotatable bonds is 5. The lowest BCUT2D eigenvalue weighted by Gasteiger charge is -2.00. The zero-order valence-corrected chi connectivity index (χ0v) is 9.86. The van der Waals surface area contributed by atoms with Crippen LogP contribution in [0.1, 0.15) is 16.6 Å². The summed E-state index contributed by atoms with van der Waals surface area (Å²) in [6.07, 6.45) is 0. The number of hydrogen-bond acceptors (Lipinski definition) is 5. The van der Waals surface area contributed by atoms with Gasteiger partial charge in [0.15, 0.2) is 5.75 Å². The van der Waals surface area contributed by atoms with Gasteiger partial charge < -0.3 is 15.2 Å². The van der Waals surface area contributed by atoms with Crippen LogP contribution in [0.4, 0.5) is 5.00 Å². The Morgan fingerprint density at radius 1 is 1.67 bits per heavy atom. The zero-order chi connectivity index (χ0) is 11.3. The molecule has 0 aromatic carbocycles. The van der Waals surface area contributed by atoms with Crippen molar-refractivity contribution in [2.24, 2.45) is 0 Å². The second kappa shape index (κ2) is 5.82. The molecule has 2 N–H and O–H groups in total. The topological polar surface area (TPSA) is 61.5 Å². The number of ether oxygens (including phenoxy) is 2. The highest BCUT2D eigenvalue weighted by Gasteiger charge is 2.14. The normalized spacial score (nSPS) is 10.0. The number of esters is 1. The molecule has 0 unspecified atom stereocenters. The minimum atomic E-state index is -0.380. The lowest BCUT2D eigenvalue weighted by Crippen LogP contribution is -2.02. The predicted octanol–water partition coefficient (Wildman–Crippen LogP) is 2.12. The minimum Gasteiger partial charge on any atom is -0.489 e. The van der Waals surface area contributed by atoms with Crippen LogP contribution in [0, 0.1) is 0 Å². The fourth-order valence-corrected chi connectivity index (χ4v) is 1.79. The minimum absolute atomic E-state index is 0.342. The Balaban J connectivity index is 2.71. The lowest BCUT2D eigenvalue weighted by molar-refractivity contribution is 0.0532. The van der Waals surface area contributed by atoms with Gasteiger partial charge in [0.1, 0.15) is 16.5 Å². The van der Waals surface area contributed by atoms with Crippen molar-refractivity contribution in [3.8, 4) is 5.75 Å². The van der Waals surface area contributed by atoms with Crippen LogP contribution in [0.15, 0.2) is 6.07 Å². The maximum absolute atomic E-state index is 11.3. The van der Waals surface area contributed by atoms with Crippen molar-refractivity contribution in [3.63, 3.8) is 0 Å². The first kappa shape index (κ1) is 12.1. The number of thiophene rings is 1. The van der Waals surface area contributed by atoms with Crippen molar-refractivity contribution in [1.82, 2.24) is 0 Å². The summed E-state index contributed by atoms with van der Waals surface area (Å²) in [5.41, 5.74) is 5.66. The fourth-order valence-electron chi connectivity index (χ4n) is 0.953. The van der Waals surface area contributed by atoms with Gasteiger partial charge in [-0.3, -0.25) is 0 Å². The molecule has 15 heavy (non-hydrogen) atoms. The average Bonchev–Trinajstić information content (AvgIpc) is 2.57. The number of halogens is 1. The highest BCUT2D eigenvalue weighted by atomic mass is 35.5. The number of carbonyl (C=O) groups is 1. The summed E-state index contributed by atoms with van der Waals surface area (Å²) in [5, 5.41) is 0.461. The predicted molar refractivity (Wildman–Crippen MR) is 60.9 cm³/mol. The van der Waals surface area contributed by atoms with Crippen LogP contribution >= 0.6 is 22.9 Å². The van der Waals surface area contributed by atoms with Gasteiger partial charge >= 0.3 is 5.97 Å². The molecule has 84 valence electrons. The molecule has 1 heterocycles. The molecule has 0 amide bonds. The van der Waals surface area contributed by atoms with Crippen LogP contribution in [0.5, 0.6) is 5.75 Å². The summed E-state index contributed by atoms with van der Waals surface area (Å²) >= 11 is 6.62. The third kappa shape index (κ3) is 3.28. The Kier molecular flexibility index (Phi) is 4.71. The third-order valence-corrected chi connectivity index (χ3v) is 2.62. The largest absolute Gasteiger partial charge is 0.489 e. The van der Waals surface area contributed by atoms with Gasteiger partial charge in [-0.25, -0.2) is 4.79 Å². The fraction of sp³-hybridized carbons (Fsp3) is 0.444. The quantitative estimate of drug-likeness (QED) is 0.641. The first-order chi connectivity index (χ1) is 7.19. The first-order valence-corrected chi connectivity index (χ1v) is 5.79. The van der Waals surface area contributed by atoms with Crippen molar-refractivity contribution in [3.05, 3.63) is 10.9 Å². The Hall–Kier alpha value is -0.940. The molecule has 0 radical (unpaired) electrons. The van der Waals surface area contributed by atoms with Crippen LogP contribution in [0.25, 0.3) is 0 Å². The molecule has 0 atom stereocenters. The smallest absolute Gasteiger partial charge is 0.348 e.